The summed E-state index contributed by atoms with van der Waals surface area (Å²) >= 11 is 0. The van der Waals surface area contributed by atoms with Crippen molar-refractivity contribution >= 4 is 16.8 Å². The molecule has 0 saturated heterocycles. The van der Waals surface area contributed by atoms with E-state index in [1.165, 1.54) is 12.1 Å². The second-order valence-electron chi connectivity index (χ2n) is 7.77. The maximum atomic E-state index is 13.4. The fourth-order valence-electron chi connectivity index (χ4n) is 4.06. The Balaban J connectivity index is 1.45. The number of aromatic amines is 1. The molecule has 4 rings (SSSR count). The van der Waals surface area contributed by atoms with Crippen molar-refractivity contribution in [3.8, 4) is 11.1 Å². The lowest BCUT2D eigenvalue weighted by molar-refractivity contribution is -0.130. The number of hydrogen-bond acceptors (Lipinski definition) is 2. The van der Waals surface area contributed by atoms with Crippen LogP contribution in [0.25, 0.3) is 22.0 Å². The third-order valence-corrected chi connectivity index (χ3v) is 5.71. The van der Waals surface area contributed by atoms with Crippen molar-refractivity contribution in [2.45, 2.75) is 38.1 Å². The summed E-state index contributed by atoms with van der Waals surface area (Å²) in [6.45, 7) is 0. The first-order valence-electron chi connectivity index (χ1n) is 9.52. The van der Waals surface area contributed by atoms with E-state index in [4.69, 9.17) is 0 Å². The monoisotopic (exact) mass is 368 g/mol. The van der Waals surface area contributed by atoms with Crippen LogP contribution in [0.15, 0.2) is 36.8 Å². The summed E-state index contributed by atoms with van der Waals surface area (Å²) in [5, 5.41) is 5.59. The molecule has 0 atom stereocenters. The molecular formula is C21H25FN4O. The summed E-state index contributed by atoms with van der Waals surface area (Å²) in [6, 6.07) is 5.19. The minimum absolute atomic E-state index is 0.218. The molecule has 1 aliphatic rings. The number of halogens is 1. The zero-order chi connectivity index (χ0) is 19.0. The van der Waals surface area contributed by atoms with Crippen molar-refractivity contribution in [2.24, 2.45) is 5.92 Å². The molecule has 0 spiro atoms. The van der Waals surface area contributed by atoms with Gasteiger partial charge in [-0.25, -0.2) is 4.39 Å². The van der Waals surface area contributed by atoms with Crippen LogP contribution in [0.1, 0.15) is 38.1 Å². The van der Waals surface area contributed by atoms with Gasteiger partial charge in [-0.15, -0.1) is 0 Å². The van der Waals surface area contributed by atoms with Crippen LogP contribution >= 0.6 is 0 Å². The summed E-state index contributed by atoms with van der Waals surface area (Å²) in [7, 11) is 3.64. The molecule has 1 aliphatic carbocycles. The minimum Gasteiger partial charge on any atom is -0.360 e. The zero-order valence-electron chi connectivity index (χ0n) is 15.8. The molecule has 1 aromatic carbocycles. The van der Waals surface area contributed by atoms with E-state index in [2.05, 4.69) is 21.0 Å². The van der Waals surface area contributed by atoms with Crippen molar-refractivity contribution in [3.05, 3.63) is 42.6 Å². The largest absolute Gasteiger partial charge is 0.360 e. The Morgan fingerprint density at radius 1 is 1.30 bits per heavy atom. The van der Waals surface area contributed by atoms with Crippen molar-refractivity contribution < 1.29 is 9.18 Å². The van der Waals surface area contributed by atoms with Crippen LogP contribution in [0, 0.1) is 11.7 Å². The molecule has 2 heterocycles. The molecule has 0 aliphatic heterocycles. The lowest BCUT2D eigenvalue weighted by atomic mass is 9.84. The maximum absolute atomic E-state index is 13.4. The second kappa shape index (κ2) is 7.18. The number of amides is 1. The smallest absolute Gasteiger partial charge is 0.222 e. The molecule has 0 radical (unpaired) electrons. The molecule has 3 aromatic rings. The highest BCUT2D eigenvalue weighted by Crippen LogP contribution is 2.35. The Morgan fingerprint density at radius 3 is 2.81 bits per heavy atom. The maximum Gasteiger partial charge on any atom is 0.222 e. The van der Waals surface area contributed by atoms with E-state index in [0.717, 1.165) is 47.7 Å². The Labute approximate surface area is 158 Å². The lowest BCUT2D eigenvalue weighted by Crippen LogP contribution is -2.26. The number of carbonyl (C=O) groups is 1. The first kappa shape index (κ1) is 17.8. The number of H-pyrrole nitrogens is 1. The molecule has 142 valence electrons. The molecule has 27 heavy (non-hydrogen) atoms. The van der Waals surface area contributed by atoms with Gasteiger partial charge >= 0.3 is 0 Å². The first-order chi connectivity index (χ1) is 13.0. The Kier molecular flexibility index (Phi) is 4.72. The van der Waals surface area contributed by atoms with Crippen LogP contribution in [0.4, 0.5) is 4.39 Å². The van der Waals surface area contributed by atoms with E-state index in [-0.39, 0.29) is 11.7 Å². The van der Waals surface area contributed by atoms with E-state index < -0.39 is 0 Å². The van der Waals surface area contributed by atoms with E-state index in [9.17, 15) is 9.18 Å². The van der Waals surface area contributed by atoms with Crippen LogP contribution < -0.4 is 0 Å². The standard InChI is InChI=1S/C21H25FN4O/c1-25(2)21(27)9-14-3-6-17(7-4-14)26-13-15(11-24-26)19-12-23-20-10-16(22)5-8-18(19)20/h5,8,10-14,17,23H,3-4,6-7,9H2,1-2H3. The average molecular weight is 368 g/mol. The number of nitrogens with one attached hydrogen (secondary N) is 1. The molecule has 0 unspecified atom stereocenters. The topological polar surface area (TPSA) is 53.9 Å². The average Bonchev–Trinajstić information content (AvgIpc) is 3.28. The van der Waals surface area contributed by atoms with Gasteiger partial charge in [0.05, 0.1) is 12.2 Å². The number of nitrogens with zero attached hydrogens (tertiary/aromatic N) is 3. The highest BCUT2D eigenvalue weighted by Gasteiger charge is 2.25. The van der Waals surface area contributed by atoms with Gasteiger partial charge in [0.15, 0.2) is 0 Å². The predicted octanol–water partition coefficient (Wildman–Crippen LogP) is 4.38. The molecule has 0 bridgehead atoms. The number of benzene rings is 1. The van der Waals surface area contributed by atoms with Gasteiger partial charge in [0.1, 0.15) is 5.82 Å². The quantitative estimate of drug-likeness (QED) is 0.743. The molecule has 1 N–H and O–H groups in total. The lowest BCUT2D eigenvalue weighted by Gasteiger charge is -2.29. The van der Waals surface area contributed by atoms with Crippen molar-refractivity contribution in [1.82, 2.24) is 19.7 Å². The van der Waals surface area contributed by atoms with Gasteiger partial charge in [-0.1, -0.05) is 0 Å². The summed E-state index contributed by atoms with van der Waals surface area (Å²) in [5.41, 5.74) is 2.88. The fourth-order valence-corrected chi connectivity index (χ4v) is 4.06. The zero-order valence-corrected chi connectivity index (χ0v) is 15.8. The molecule has 2 aromatic heterocycles. The third kappa shape index (κ3) is 3.61. The van der Waals surface area contributed by atoms with Crippen molar-refractivity contribution in [1.29, 1.82) is 0 Å². The van der Waals surface area contributed by atoms with Gasteiger partial charge < -0.3 is 9.88 Å². The second-order valence-corrected chi connectivity index (χ2v) is 7.77. The summed E-state index contributed by atoms with van der Waals surface area (Å²) in [4.78, 5) is 16.7. The highest BCUT2D eigenvalue weighted by atomic mass is 19.1. The number of fused-ring (bicyclic) bond motifs is 1. The molecule has 1 saturated carbocycles. The van der Waals surface area contributed by atoms with Gasteiger partial charge in [-0.3, -0.25) is 9.48 Å². The SMILES string of the molecule is CN(C)C(=O)CC1CCC(n2cc(-c3c[nH]c4cc(F)ccc34)cn2)CC1. The van der Waals surface area contributed by atoms with Gasteiger partial charge in [-0.2, -0.15) is 5.10 Å². The highest BCUT2D eigenvalue weighted by molar-refractivity contribution is 5.95. The van der Waals surface area contributed by atoms with E-state index in [1.54, 1.807) is 11.0 Å². The Morgan fingerprint density at radius 2 is 2.07 bits per heavy atom. The van der Waals surface area contributed by atoms with E-state index in [0.29, 0.717) is 18.4 Å². The summed E-state index contributed by atoms with van der Waals surface area (Å²) < 4.78 is 15.4. The van der Waals surface area contributed by atoms with Gasteiger partial charge in [0.2, 0.25) is 5.91 Å². The van der Waals surface area contributed by atoms with Crippen LogP contribution in [0.2, 0.25) is 0 Å². The normalized spacial score (nSPS) is 20.1. The predicted molar refractivity (Wildman–Crippen MR) is 104 cm³/mol. The molecule has 6 heteroatoms. The van der Waals surface area contributed by atoms with Crippen LogP contribution in [0.3, 0.4) is 0 Å². The van der Waals surface area contributed by atoms with E-state index >= 15 is 0 Å². The minimum atomic E-state index is -0.240. The summed E-state index contributed by atoms with van der Waals surface area (Å²) in [5.74, 6) is 0.460. The van der Waals surface area contributed by atoms with Crippen LogP contribution in [-0.4, -0.2) is 39.7 Å². The number of carbonyl (C=O) groups excluding carboxylic acids is 1. The van der Waals surface area contributed by atoms with Gasteiger partial charge in [-0.05, 0) is 49.8 Å². The number of aromatic nitrogens is 3. The Hall–Kier alpha value is -2.63. The van der Waals surface area contributed by atoms with Crippen LogP contribution in [0.5, 0.6) is 0 Å². The summed E-state index contributed by atoms with van der Waals surface area (Å²) in [6.07, 6.45) is 10.7. The van der Waals surface area contributed by atoms with Crippen LogP contribution in [-0.2, 0) is 4.79 Å². The number of hydrogen-bond donors (Lipinski definition) is 1. The van der Waals surface area contributed by atoms with Crippen molar-refractivity contribution in [3.63, 3.8) is 0 Å². The Bertz CT molecular complexity index is 950. The first-order valence-corrected chi connectivity index (χ1v) is 9.52. The number of rotatable bonds is 4. The molecule has 1 fully saturated rings. The fraction of sp³-hybridized carbons (Fsp3) is 0.429. The molecule has 1 amide bonds. The molecule has 5 nitrogen and oxygen atoms in total. The molecular weight excluding hydrogens is 343 g/mol. The van der Waals surface area contributed by atoms with Gasteiger partial charge in [0.25, 0.3) is 0 Å². The van der Waals surface area contributed by atoms with Crippen molar-refractivity contribution in [2.75, 3.05) is 14.1 Å². The van der Waals surface area contributed by atoms with Gasteiger partial charge in [0, 0.05) is 54.9 Å². The third-order valence-electron chi connectivity index (χ3n) is 5.71. The van der Waals surface area contributed by atoms with E-state index in [1.807, 2.05) is 26.5 Å².